The maximum Gasteiger partial charge on any atom is 1.00 e. The van der Waals surface area contributed by atoms with Crippen molar-refractivity contribution in [3.63, 3.8) is 0 Å². The summed E-state index contributed by atoms with van der Waals surface area (Å²) in [5.74, 6) is 1.82. The molecule has 0 aliphatic carbocycles. The van der Waals surface area contributed by atoms with Gasteiger partial charge in [0.1, 0.15) is 11.5 Å². The van der Waals surface area contributed by atoms with Crippen molar-refractivity contribution in [3.05, 3.63) is 250 Å². The molecule has 10 aromatic carbocycles. The molecular formula is C71H74ClN2O2P2Ru. The summed E-state index contributed by atoms with van der Waals surface area (Å²) in [6.45, 7) is 22.1. The molecule has 8 heteroatoms. The molecule has 0 heterocycles. The van der Waals surface area contributed by atoms with Gasteiger partial charge >= 0.3 is 19.5 Å². The van der Waals surface area contributed by atoms with Gasteiger partial charge in [0.25, 0.3) is 0 Å². The van der Waals surface area contributed by atoms with Crippen molar-refractivity contribution in [2.45, 2.75) is 80.8 Å². The summed E-state index contributed by atoms with van der Waals surface area (Å²) in [5, 5.41) is 13.6. The number of ether oxygens (including phenoxy) is 2. The molecule has 1 radical (unpaired) electrons. The smallest absolute Gasteiger partial charge is 1.00 e. The van der Waals surface area contributed by atoms with E-state index in [1.165, 1.54) is 109 Å². The molecule has 0 unspecified atom stereocenters. The second-order valence-electron chi connectivity index (χ2n) is 21.5. The summed E-state index contributed by atoms with van der Waals surface area (Å²) in [6.07, 6.45) is 0. The number of methoxy groups -OCH3 is 2. The van der Waals surface area contributed by atoms with Gasteiger partial charge in [-0.1, -0.05) is 228 Å². The van der Waals surface area contributed by atoms with Crippen LogP contribution in [0.2, 0.25) is 0 Å². The first-order chi connectivity index (χ1) is 36.9. The molecule has 4 N–H and O–H groups in total. The fourth-order valence-corrected chi connectivity index (χ4v) is 17.1. The third kappa shape index (κ3) is 13.1. The van der Waals surface area contributed by atoms with Crippen LogP contribution in [0.15, 0.2) is 194 Å². The van der Waals surface area contributed by atoms with E-state index in [0.29, 0.717) is 0 Å². The first-order valence-electron chi connectivity index (χ1n) is 26.8. The van der Waals surface area contributed by atoms with Crippen LogP contribution < -0.4 is 65.2 Å². The normalized spacial score (nSPS) is 11.8. The quantitative estimate of drug-likeness (QED) is 0.0891. The van der Waals surface area contributed by atoms with Crippen LogP contribution in [0.4, 0.5) is 0 Å². The number of aryl methyl sites for hydroxylation is 8. The van der Waals surface area contributed by atoms with Gasteiger partial charge in [0.2, 0.25) is 0 Å². The van der Waals surface area contributed by atoms with Gasteiger partial charge in [-0.15, -0.1) is 0 Å². The van der Waals surface area contributed by atoms with Crippen LogP contribution in [0, 0.1) is 61.3 Å². The van der Waals surface area contributed by atoms with Crippen LogP contribution in [0.3, 0.4) is 0 Å². The average Bonchev–Trinajstić information content (AvgIpc) is 3.52. The SMILES string of the molecule is COc1ccc(C(N)(c2ccc(OC)cc2)[C@H](N)C(C)C)cc1.Cc1cc(C)cc(P(c2cc(C)cc(C)c2)c2ccc3ccccc3c2-c2c(P(c3cc(C)cc(C)c3)c3cc(C)cc(C)c3)ccc3ccccc23)c1.[Cl-].[Ru+]. The van der Waals surface area contributed by atoms with Crippen molar-refractivity contribution in [3.8, 4) is 22.6 Å². The summed E-state index contributed by atoms with van der Waals surface area (Å²) in [5.41, 5.74) is 27.7. The van der Waals surface area contributed by atoms with Gasteiger partial charge < -0.3 is 33.3 Å². The van der Waals surface area contributed by atoms with Crippen LogP contribution in [0.5, 0.6) is 11.5 Å². The number of fused-ring (bicyclic) bond motifs is 2. The van der Waals surface area contributed by atoms with Crippen LogP contribution in [0.25, 0.3) is 32.7 Å². The monoisotopic (exact) mass is 1190 g/mol. The van der Waals surface area contributed by atoms with Gasteiger partial charge in [-0.25, -0.2) is 0 Å². The van der Waals surface area contributed by atoms with E-state index in [-0.39, 0.29) is 43.8 Å². The maximum atomic E-state index is 6.86. The average molecular weight is 1190 g/mol. The van der Waals surface area contributed by atoms with Crippen molar-refractivity contribution in [2.24, 2.45) is 17.4 Å². The van der Waals surface area contributed by atoms with E-state index in [1.807, 2.05) is 48.5 Å². The number of nitrogens with two attached hydrogens (primary N) is 2. The molecule has 4 nitrogen and oxygen atoms in total. The number of rotatable bonds is 13. The number of halogens is 1. The molecule has 0 bridgehead atoms. The Balaban J connectivity index is 0.000000305. The van der Waals surface area contributed by atoms with E-state index >= 15 is 0 Å². The Morgan fingerprint density at radius 1 is 0.392 bits per heavy atom. The maximum absolute atomic E-state index is 6.86. The van der Waals surface area contributed by atoms with Crippen molar-refractivity contribution < 1.29 is 41.4 Å². The van der Waals surface area contributed by atoms with Gasteiger partial charge in [0.15, 0.2) is 0 Å². The standard InChI is InChI=1S/C52H48P2.C19H26N2O2.ClH.Ru/c1-33-21-34(2)26-43(25-33)53(44-27-35(3)22-36(4)28-44)49-19-17-41-13-9-11-15-47(41)51(49)52-48-16-12-10-14-42(48)18-20-50(52)54(45-29-37(5)23-38(6)30-45)46-31-39(7)24-40(8)32-46;1-13(2)18(20)19(21,14-5-9-16(22-3)10-6-14)15-7-11-17(23-4)12-8-15;;/h9-32H,1-8H3;5-13,18H,20-21H2,1-4H3;1H;/q;;;+1/p-1/t;18-;;/m.1../s1. The molecule has 0 amide bonds. The second-order valence-corrected chi connectivity index (χ2v) is 25.9. The van der Waals surface area contributed by atoms with Crippen molar-refractivity contribution in [1.82, 2.24) is 0 Å². The van der Waals surface area contributed by atoms with E-state index < -0.39 is 21.4 Å². The zero-order valence-electron chi connectivity index (χ0n) is 47.7. The zero-order chi connectivity index (χ0) is 54.7. The Kier molecular flexibility index (Phi) is 20.0. The first-order valence-corrected chi connectivity index (χ1v) is 29.4. The number of benzene rings is 10. The Morgan fingerprint density at radius 2 is 0.671 bits per heavy atom. The molecule has 0 saturated heterocycles. The van der Waals surface area contributed by atoms with Crippen LogP contribution in [0.1, 0.15) is 69.5 Å². The minimum Gasteiger partial charge on any atom is -1.00 e. The predicted octanol–water partition coefficient (Wildman–Crippen LogP) is 11.5. The molecule has 1 atom stereocenters. The fraction of sp³-hybridized carbons (Fsp3) is 0.211. The van der Waals surface area contributed by atoms with Gasteiger partial charge in [0.05, 0.1) is 19.8 Å². The van der Waals surface area contributed by atoms with Crippen molar-refractivity contribution in [2.75, 3.05) is 14.2 Å². The molecule has 79 heavy (non-hydrogen) atoms. The fourth-order valence-electron chi connectivity index (χ4n) is 11.4. The number of hydrogen-bond donors (Lipinski definition) is 2. The van der Waals surface area contributed by atoms with E-state index in [0.717, 1.165) is 22.6 Å². The van der Waals surface area contributed by atoms with Crippen LogP contribution in [-0.2, 0) is 25.0 Å². The van der Waals surface area contributed by atoms with Gasteiger partial charge in [-0.3, -0.25) is 0 Å². The molecule has 0 saturated carbocycles. The predicted molar refractivity (Wildman–Crippen MR) is 336 cm³/mol. The molecule has 0 aliphatic rings. The Morgan fingerprint density at radius 3 is 0.937 bits per heavy atom. The summed E-state index contributed by atoms with van der Waals surface area (Å²) < 4.78 is 10.5. The van der Waals surface area contributed by atoms with E-state index in [2.05, 4.69) is 215 Å². The minimum absolute atomic E-state index is 0. The molecule has 0 aliphatic heterocycles. The van der Waals surface area contributed by atoms with E-state index in [1.54, 1.807) is 14.2 Å². The van der Waals surface area contributed by atoms with Crippen LogP contribution >= 0.6 is 15.8 Å². The van der Waals surface area contributed by atoms with E-state index in [9.17, 15) is 0 Å². The Bertz CT molecular complexity index is 3330. The topological polar surface area (TPSA) is 70.5 Å². The third-order valence-electron chi connectivity index (χ3n) is 14.8. The second kappa shape index (κ2) is 26.1. The Labute approximate surface area is 492 Å². The summed E-state index contributed by atoms with van der Waals surface area (Å²) in [4.78, 5) is 0. The molecule has 0 fully saturated rings. The Hall–Kier alpha value is -5.99. The largest absolute Gasteiger partial charge is 1.00 e. The molecule has 10 aromatic rings. The molecular weight excluding hydrogens is 1110 g/mol. The molecule has 0 aromatic heterocycles. The minimum atomic E-state index is -0.937. The van der Waals surface area contributed by atoms with Gasteiger partial charge in [-0.05, 0) is 177 Å². The molecule has 405 valence electrons. The van der Waals surface area contributed by atoms with Gasteiger partial charge in [-0.2, -0.15) is 0 Å². The zero-order valence-corrected chi connectivity index (χ0v) is 52.0. The van der Waals surface area contributed by atoms with E-state index in [4.69, 9.17) is 20.9 Å². The van der Waals surface area contributed by atoms with Crippen molar-refractivity contribution >= 4 is 69.2 Å². The van der Waals surface area contributed by atoms with Gasteiger partial charge in [0, 0.05) is 6.04 Å². The first kappa shape index (κ1) is 60.6. The molecule has 10 rings (SSSR count). The summed E-state index contributed by atoms with van der Waals surface area (Å²) >= 11 is 0. The summed E-state index contributed by atoms with van der Waals surface area (Å²) in [7, 11) is 1.42. The third-order valence-corrected chi connectivity index (χ3v) is 19.6. The number of hydrogen-bond acceptors (Lipinski definition) is 4. The molecule has 0 spiro atoms. The van der Waals surface area contributed by atoms with Crippen molar-refractivity contribution in [1.29, 1.82) is 0 Å². The van der Waals surface area contributed by atoms with Crippen LogP contribution in [-0.4, -0.2) is 20.3 Å². The summed E-state index contributed by atoms with van der Waals surface area (Å²) in [6, 6.07) is 71.9.